The highest BCUT2D eigenvalue weighted by Gasteiger charge is 2.53. The van der Waals surface area contributed by atoms with Crippen molar-refractivity contribution in [1.82, 2.24) is 8.96 Å². The quantitative estimate of drug-likeness (QED) is 0.332. The average Bonchev–Trinajstić information content (AvgIpc) is 3.18. The number of hydrogen-bond donors (Lipinski definition) is 0. The summed E-state index contributed by atoms with van der Waals surface area (Å²) in [7, 11) is -5.21. The largest absolute Gasteiger partial charge is 0.513 e. The second-order valence-electron chi connectivity index (χ2n) is 8.19. The third-order valence-electron chi connectivity index (χ3n) is 5.70. The zero-order chi connectivity index (χ0) is 22.8. The summed E-state index contributed by atoms with van der Waals surface area (Å²) >= 11 is 6.27. The van der Waals surface area contributed by atoms with Crippen molar-refractivity contribution in [2.24, 2.45) is 0 Å². The standard InChI is InChI=1S/C19H19BClN3O6S/c1-18(2)19(3,4)30-20(29-18)15-10-13-16(21)14(24(25)26)11-22-17(13)23(15)31(27,28)12-8-6-5-7-9-12/h5-11H,1-4H3. The third-order valence-corrected chi connectivity index (χ3v) is 7.83. The molecule has 9 nitrogen and oxygen atoms in total. The normalized spacial score (nSPS) is 17.9. The van der Waals surface area contributed by atoms with Gasteiger partial charge in [-0.1, -0.05) is 29.8 Å². The first-order valence-corrected chi connectivity index (χ1v) is 11.2. The van der Waals surface area contributed by atoms with Crippen molar-refractivity contribution >= 4 is 51.1 Å². The van der Waals surface area contributed by atoms with Gasteiger partial charge >= 0.3 is 12.8 Å². The monoisotopic (exact) mass is 463 g/mol. The topological polar surface area (TPSA) is 114 Å². The van der Waals surface area contributed by atoms with Crippen LogP contribution in [-0.2, 0) is 19.3 Å². The molecule has 0 atom stereocenters. The number of halogens is 1. The van der Waals surface area contributed by atoms with E-state index >= 15 is 0 Å². The summed E-state index contributed by atoms with van der Waals surface area (Å²) in [5.41, 5.74) is -1.84. The van der Waals surface area contributed by atoms with Crippen molar-refractivity contribution < 1.29 is 22.6 Å². The SMILES string of the molecule is CC1(C)OB(c2cc3c(Cl)c([N+](=O)[O-])cnc3n2S(=O)(=O)c2ccccc2)OC1(C)C. The Bertz CT molecular complexity index is 1290. The lowest BCUT2D eigenvalue weighted by molar-refractivity contribution is -0.384. The van der Waals surface area contributed by atoms with Gasteiger partial charge < -0.3 is 9.31 Å². The number of hydrogen-bond acceptors (Lipinski definition) is 7. The summed E-state index contributed by atoms with van der Waals surface area (Å²) < 4.78 is 40.2. The Labute approximate surface area is 184 Å². The van der Waals surface area contributed by atoms with E-state index in [9.17, 15) is 18.5 Å². The minimum absolute atomic E-state index is 0.0153. The first-order chi connectivity index (χ1) is 14.4. The molecule has 3 heterocycles. The molecule has 31 heavy (non-hydrogen) atoms. The highest BCUT2D eigenvalue weighted by molar-refractivity contribution is 7.90. The Morgan fingerprint density at radius 1 is 1.13 bits per heavy atom. The Kier molecular flexibility index (Phi) is 4.93. The van der Waals surface area contributed by atoms with Crippen molar-refractivity contribution in [3.63, 3.8) is 0 Å². The van der Waals surface area contributed by atoms with Crippen molar-refractivity contribution in [1.29, 1.82) is 0 Å². The number of aromatic nitrogens is 2. The molecule has 1 aliphatic rings. The third kappa shape index (κ3) is 3.32. The Hall–Kier alpha value is -2.47. The Balaban J connectivity index is 2.03. The molecule has 0 bridgehead atoms. The second-order valence-corrected chi connectivity index (χ2v) is 10.4. The predicted molar refractivity (Wildman–Crippen MR) is 116 cm³/mol. The van der Waals surface area contributed by atoms with Crippen LogP contribution in [0.25, 0.3) is 11.0 Å². The maximum Gasteiger partial charge on any atom is 0.513 e. The molecule has 1 fully saturated rings. The lowest BCUT2D eigenvalue weighted by Gasteiger charge is -2.32. The van der Waals surface area contributed by atoms with Gasteiger partial charge in [0.2, 0.25) is 0 Å². The average molecular weight is 464 g/mol. The molecule has 0 aliphatic carbocycles. The zero-order valence-electron chi connectivity index (χ0n) is 17.2. The van der Waals surface area contributed by atoms with E-state index in [1.54, 1.807) is 18.2 Å². The predicted octanol–water partition coefficient (Wildman–Crippen LogP) is 3.13. The fourth-order valence-electron chi connectivity index (χ4n) is 3.31. The van der Waals surface area contributed by atoms with Crippen LogP contribution in [0.4, 0.5) is 5.69 Å². The molecule has 0 N–H and O–H groups in total. The number of fused-ring (bicyclic) bond motifs is 1. The van der Waals surface area contributed by atoms with Gasteiger partial charge in [0, 0.05) is 5.39 Å². The molecule has 1 aliphatic heterocycles. The van der Waals surface area contributed by atoms with E-state index in [4.69, 9.17) is 20.9 Å². The Morgan fingerprint density at radius 3 is 2.26 bits per heavy atom. The van der Waals surface area contributed by atoms with Crippen molar-refractivity contribution in [3.05, 3.63) is 57.7 Å². The summed E-state index contributed by atoms with van der Waals surface area (Å²) in [6.45, 7) is 7.34. The van der Waals surface area contributed by atoms with Gasteiger partial charge in [0.25, 0.3) is 10.0 Å². The van der Waals surface area contributed by atoms with Crippen LogP contribution in [-0.4, -0.2) is 40.6 Å². The van der Waals surface area contributed by atoms with Crippen LogP contribution in [0, 0.1) is 10.1 Å². The molecule has 162 valence electrons. The van der Waals surface area contributed by atoms with Crippen LogP contribution in [0.1, 0.15) is 27.7 Å². The first-order valence-electron chi connectivity index (χ1n) is 9.37. The summed E-state index contributed by atoms with van der Waals surface area (Å²) in [5.74, 6) is 0. The van der Waals surface area contributed by atoms with E-state index in [2.05, 4.69) is 4.98 Å². The molecule has 12 heteroatoms. The molecular formula is C19H19BClN3O6S. The van der Waals surface area contributed by atoms with Gasteiger partial charge in [0.15, 0.2) is 5.65 Å². The van der Waals surface area contributed by atoms with E-state index in [1.807, 2.05) is 27.7 Å². The molecule has 0 amide bonds. The van der Waals surface area contributed by atoms with Gasteiger partial charge in [-0.15, -0.1) is 0 Å². The number of benzene rings is 1. The van der Waals surface area contributed by atoms with Crippen molar-refractivity contribution in [2.75, 3.05) is 0 Å². The molecule has 4 rings (SSSR count). The molecule has 0 unspecified atom stereocenters. The van der Waals surface area contributed by atoms with Crippen LogP contribution in [0.15, 0.2) is 47.5 Å². The fraction of sp³-hybridized carbons (Fsp3) is 0.316. The van der Waals surface area contributed by atoms with Crippen molar-refractivity contribution in [2.45, 2.75) is 43.8 Å². The maximum atomic E-state index is 13.6. The van der Waals surface area contributed by atoms with Gasteiger partial charge in [0.1, 0.15) is 11.2 Å². The van der Waals surface area contributed by atoms with Crippen LogP contribution >= 0.6 is 11.6 Å². The summed E-state index contributed by atoms with van der Waals surface area (Å²) in [5, 5.41) is 11.2. The van der Waals surface area contributed by atoms with E-state index in [0.29, 0.717) is 0 Å². The lowest BCUT2D eigenvalue weighted by Crippen LogP contribution is -2.41. The maximum absolute atomic E-state index is 13.6. The van der Waals surface area contributed by atoms with Crippen molar-refractivity contribution in [3.8, 4) is 0 Å². The minimum atomic E-state index is -4.15. The number of nitrogens with zero attached hydrogens (tertiary/aromatic N) is 3. The molecular weight excluding hydrogens is 445 g/mol. The van der Waals surface area contributed by atoms with Gasteiger partial charge in [-0.05, 0) is 45.9 Å². The molecule has 1 saturated heterocycles. The van der Waals surface area contributed by atoms with E-state index in [0.717, 1.165) is 10.2 Å². The van der Waals surface area contributed by atoms with Gasteiger partial charge in [0.05, 0.1) is 26.6 Å². The molecule has 3 aromatic rings. The zero-order valence-corrected chi connectivity index (χ0v) is 18.8. The van der Waals surface area contributed by atoms with Crippen LogP contribution < -0.4 is 5.59 Å². The molecule has 0 spiro atoms. The van der Waals surface area contributed by atoms with E-state index in [1.165, 1.54) is 18.2 Å². The highest BCUT2D eigenvalue weighted by Crippen LogP contribution is 2.38. The molecule has 0 saturated carbocycles. The molecule has 1 aromatic carbocycles. The van der Waals surface area contributed by atoms with Gasteiger partial charge in [-0.3, -0.25) is 10.1 Å². The smallest absolute Gasteiger partial charge is 0.398 e. The minimum Gasteiger partial charge on any atom is -0.398 e. The molecule has 2 aromatic heterocycles. The first kappa shape index (κ1) is 21.8. The van der Waals surface area contributed by atoms with Gasteiger partial charge in [-0.25, -0.2) is 17.4 Å². The van der Waals surface area contributed by atoms with E-state index in [-0.39, 0.29) is 26.5 Å². The van der Waals surface area contributed by atoms with Crippen LogP contribution in [0.5, 0.6) is 0 Å². The van der Waals surface area contributed by atoms with Gasteiger partial charge in [-0.2, -0.15) is 0 Å². The summed E-state index contributed by atoms with van der Waals surface area (Å²) in [6, 6.07) is 9.20. The van der Waals surface area contributed by atoms with Crippen LogP contribution in [0.3, 0.4) is 0 Å². The number of nitro groups is 1. The van der Waals surface area contributed by atoms with Crippen LogP contribution in [0.2, 0.25) is 5.02 Å². The lowest BCUT2D eigenvalue weighted by atomic mass is 9.85. The summed E-state index contributed by atoms with van der Waals surface area (Å²) in [6.07, 6.45) is 0.940. The second kappa shape index (κ2) is 7.02. The fourth-order valence-corrected chi connectivity index (χ4v) is 5.07. The molecule has 0 radical (unpaired) electrons. The Morgan fingerprint density at radius 2 is 1.71 bits per heavy atom. The number of pyridine rings is 1. The van der Waals surface area contributed by atoms with E-state index < -0.39 is 39.0 Å². The summed E-state index contributed by atoms with van der Waals surface area (Å²) in [4.78, 5) is 14.7. The highest BCUT2D eigenvalue weighted by atomic mass is 35.5. The number of rotatable bonds is 4.